The molecule has 0 spiro atoms. The predicted molar refractivity (Wildman–Crippen MR) is 119 cm³/mol. The van der Waals surface area contributed by atoms with Crippen LogP contribution in [0.2, 0.25) is 0 Å². The number of carbonyl (C=O) groups is 1. The molecule has 0 saturated carbocycles. The van der Waals surface area contributed by atoms with Crippen molar-refractivity contribution < 1.29 is 9.53 Å². The smallest absolute Gasteiger partial charge is 0.258 e. The first-order valence-electron chi connectivity index (χ1n) is 10.5. The summed E-state index contributed by atoms with van der Waals surface area (Å²) in [5.74, 6) is 0.0210. The Balaban J connectivity index is 1.43. The van der Waals surface area contributed by atoms with Crippen LogP contribution >= 0.6 is 0 Å². The average Bonchev–Trinajstić information content (AvgIpc) is 2.79. The molecule has 1 aromatic heterocycles. The van der Waals surface area contributed by atoms with Gasteiger partial charge in [-0.25, -0.2) is 0 Å². The third-order valence-corrected chi connectivity index (χ3v) is 5.45. The number of aromatic nitrogens is 1. The Labute approximate surface area is 176 Å². The molecule has 0 radical (unpaired) electrons. The zero-order valence-corrected chi connectivity index (χ0v) is 17.0. The Kier molecular flexibility index (Phi) is 6.57. The monoisotopic (exact) mass is 405 g/mol. The lowest BCUT2D eigenvalue weighted by molar-refractivity contribution is -0.123. The minimum atomic E-state index is 0.00456. The van der Waals surface area contributed by atoms with Crippen LogP contribution in [0.25, 0.3) is 21.9 Å². The van der Waals surface area contributed by atoms with Gasteiger partial charge in [-0.15, -0.1) is 0 Å². The van der Waals surface area contributed by atoms with Crippen molar-refractivity contribution in [1.82, 2.24) is 14.8 Å². The zero-order chi connectivity index (χ0) is 20.8. The SMILES string of the molecule is O=C(CN1CCOCC1)NCCCn1cc(-c2ccccc2)c2ccccc2c1=O. The molecular weight excluding hydrogens is 378 g/mol. The molecular formula is C24H27N3O3. The van der Waals surface area contributed by atoms with Gasteiger partial charge in [0, 0.05) is 43.3 Å². The summed E-state index contributed by atoms with van der Waals surface area (Å²) in [6, 6.07) is 17.8. The summed E-state index contributed by atoms with van der Waals surface area (Å²) in [5, 5.41) is 4.65. The second kappa shape index (κ2) is 9.69. The van der Waals surface area contributed by atoms with Crippen LogP contribution in [0, 0.1) is 0 Å². The molecule has 1 aliphatic heterocycles. The van der Waals surface area contributed by atoms with E-state index in [4.69, 9.17) is 4.74 Å². The summed E-state index contributed by atoms with van der Waals surface area (Å²) < 4.78 is 7.07. The van der Waals surface area contributed by atoms with Gasteiger partial charge in [0.05, 0.1) is 19.8 Å². The molecule has 1 saturated heterocycles. The molecule has 6 heteroatoms. The van der Waals surface area contributed by atoms with Crippen LogP contribution in [-0.4, -0.2) is 54.8 Å². The van der Waals surface area contributed by atoms with E-state index in [1.807, 2.05) is 48.7 Å². The van der Waals surface area contributed by atoms with Crippen LogP contribution in [0.5, 0.6) is 0 Å². The number of rotatable bonds is 7. The average molecular weight is 405 g/mol. The van der Waals surface area contributed by atoms with Crippen LogP contribution in [0.15, 0.2) is 65.6 Å². The van der Waals surface area contributed by atoms with E-state index in [-0.39, 0.29) is 11.5 Å². The lowest BCUT2D eigenvalue weighted by Crippen LogP contribution is -2.43. The largest absolute Gasteiger partial charge is 0.379 e. The maximum absolute atomic E-state index is 13.0. The van der Waals surface area contributed by atoms with Crippen molar-refractivity contribution in [2.45, 2.75) is 13.0 Å². The molecule has 4 rings (SSSR count). The van der Waals surface area contributed by atoms with E-state index in [1.54, 1.807) is 4.57 Å². The normalized spacial score (nSPS) is 14.7. The van der Waals surface area contributed by atoms with E-state index in [0.29, 0.717) is 39.3 Å². The van der Waals surface area contributed by atoms with Crippen LogP contribution < -0.4 is 10.9 Å². The zero-order valence-electron chi connectivity index (χ0n) is 17.0. The van der Waals surface area contributed by atoms with Gasteiger partial charge in [-0.2, -0.15) is 0 Å². The van der Waals surface area contributed by atoms with Gasteiger partial charge in [0.2, 0.25) is 5.91 Å². The summed E-state index contributed by atoms with van der Waals surface area (Å²) in [6.45, 7) is 4.45. The highest BCUT2D eigenvalue weighted by atomic mass is 16.5. The molecule has 0 unspecified atom stereocenters. The van der Waals surface area contributed by atoms with Gasteiger partial charge >= 0.3 is 0 Å². The summed E-state index contributed by atoms with van der Waals surface area (Å²) in [4.78, 5) is 27.2. The van der Waals surface area contributed by atoms with E-state index >= 15 is 0 Å². The van der Waals surface area contributed by atoms with Crippen molar-refractivity contribution in [1.29, 1.82) is 0 Å². The number of carbonyl (C=O) groups excluding carboxylic acids is 1. The van der Waals surface area contributed by atoms with Crippen LogP contribution in [0.3, 0.4) is 0 Å². The Morgan fingerprint density at radius 1 is 0.967 bits per heavy atom. The fourth-order valence-electron chi connectivity index (χ4n) is 3.85. The number of pyridine rings is 1. The molecule has 1 fully saturated rings. The number of hydrogen-bond donors (Lipinski definition) is 1. The predicted octanol–water partition coefficient (Wildman–Crippen LogP) is 2.51. The van der Waals surface area contributed by atoms with Gasteiger partial charge in [0.15, 0.2) is 0 Å². The minimum Gasteiger partial charge on any atom is -0.379 e. The topological polar surface area (TPSA) is 63.6 Å². The molecule has 2 heterocycles. The summed E-state index contributed by atoms with van der Waals surface area (Å²) in [7, 11) is 0. The molecule has 1 aliphatic rings. The van der Waals surface area contributed by atoms with Crippen molar-refractivity contribution in [3.63, 3.8) is 0 Å². The molecule has 156 valence electrons. The lowest BCUT2D eigenvalue weighted by atomic mass is 10.0. The second-order valence-electron chi connectivity index (χ2n) is 7.54. The maximum Gasteiger partial charge on any atom is 0.258 e. The van der Waals surface area contributed by atoms with E-state index in [2.05, 4.69) is 22.3 Å². The number of fused-ring (bicyclic) bond motifs is 1. The van der Waals surface area contributed by atoms with Crippen molar-refractivity contribution in [2.75, 3.05) is 39.4 Å². The van der Waals surface area contributed by atoms with E-state index in [1.165, 1.54) is 0 Å². The third kappa shape index (κ3) is 4.78. The molecule has 6 nitrogen and oxygen atoms in total. The number of nitrogens with zero attached hydrogens (tertiary/aromatic N) is 2. The molecule has 0 atom stereocenters. The Morgan fingerprint density at radius 3 is 2.43 bits per heavy atom. The second-order valence-corrected chi connectivity index (χ2v) is 7.54. The highest BCUT2D eigenvalue weighted by Crippen LogP contribution is 2.26. The van der Waals surface area contributed by atoms with E-state index in [9.17, 15) is 9.59 Å². The standard InChI is InChI=1S/C24H27N3O3/c28-23(18-26-13-15-30-16-14-26)25-11-6-12-27-17-22(19-7-2-1-3-8-19)20-9-4-5-10-21(20)24(27)29/h1-5,7-10,17H,6,11-16,18H2,(H,25,28). The Morgan fingerprint density at radius 2 is 1.67 bits per heavy atom. The van der Waals surface area contributed by atoms with E-state index in [0.717, 1.165) is 35.0 Å². The molecule has 0 bridgehead atoms. The molecule has 1 amide bonds. The number of nitrogens with one attached hydrogen (secondary N) is 1. The molecule has 30 heavy (non-hydrogen) atoms. The number of hydrogen-bond acceptors (Lipinski definition) is 4. The van der Waals surface area contributed by atoms with Crippen LogP contribution in [0.4, 0.5) is 0 Å². The summed E-state index contributed by atoms with van der Waals surface area (Å²) >= 11 is 0. The highest BCUT2D eigenvalue weighted by molar-refractivity contribution is 5.95. The third-order valence-electron chi connectivity index (χ3n) is 5.45. The number of morpholine rings is 1. The number of ether oxygens (including phenoxy) is 1. The maximum atomic E-state index is 13.0. The molecule has 3 aromatic rings. The number of amides is 1. The van der Waals surface area contributed by atoms with Crippen molar-refractivity contribution >= 4 is 16.7 Å². The first kappa shape index (κ1) is 20.3. The van der Waals surface area contributed by atoms with Crippen molar-refractivity contribution in [2.24, 2.45) is 0 Å². The minimum absolute atomic E-state index is 0.00456. The number of benzene rings is 2. The quantitative estimate of drug-likeness (QED) is 0.614. The Hall–Kier alpha value is -2.96. The first-order chi connectivity index (χ1) is 14.7. The molecule has 2 aromatic carbocycles. The lowest BCUT2D eigenvalue weighted by Gasteiger charge is -2.25. The van der Waals surface area contributed by atoms with Crippen LogP contribution in [0.1, 0.15) is 6.42 Å². The first-order valence-corrected chi connectivity index (χ1v) is 10.5. The van der Waals surface area contributed by atoms with Gasteiger partial charge in [0.25, 0.3) is 5.56 Å². The fourth-order valence-corrected chi connectivity index (χ4v) is 3.85. The van der Waals surface area contributed by atoms with E-state index < -0.39 is 0 Å². The van der Waals surface area contributed by atoms with Crippen LogP contribution in [-0.2, 0) is 16.1 Å². The van der Waals surface area contributed by atoms with Gasteiger partial charge in [-0.3, -0.25) is 14.5 Å². The van der Waals surface area contributed by atoms with Crippen molar-refractivity contribution in [3.8, 4) is 11.1 Å². The van der Waals surface area contributed by atoms with Gasteiger partial charge < -0.3 is 14.6 Å². The molecule has 1 N–H and O–H groups in total. The van der Waals surface area contributed by atoms with Gasteiger partial charge in [-0.05, 0) is 23.4 Å². The number of aryl methyl sites for hydroxylation is 1. The van der Waals surface area contributed by atoms with Crippen molar-refractivity contribution in [3.05, 3.63) is 71.1 Å². The summed E-state index contributed by atoms with van der Waals surface area (Å²) in [5.41, 5.74) is 2.13. The fraction of sp³-hybridized carbons (Fsp3) is 0.333. The molecule has 0 aliphatic carbocycles. The van der Waals surface area contributed by atoms with Gasteiger partial charge in [-0.1, -0.05) is 48.5 Å². The van der Waals surface area contributed by atoms with Gasteiger partial charge in [0.1, 0.15) is 0 Å². The Bertz CT molecular complexity index is 1060. The highest BCUT2D eigenvalue weighted by Gasteiger charge is 2.14. The summed E-state index contributed by atoms with van der Waals surface area (Å²) in [6.07, 6.45) is 2.64.